The van der Waals surface area contributed by atoms with E-state index in [0.29, 0.717) is 12.6 Å². The van der Waals surface area contributed by atoms with Crippen LogP contribution in [0.15, 0.2) is 24.3 Å². The van der Waals surface area contributed by atoms with Crippen molar-refractivity contribution in [3.63, 3.8) is 0 Å². The molecule has 15 heavy (non-hydrogen) atoms. The topological polar surface area (TPSA) is 21.3 Å². The Kier molecular flexibility index (Phi) is 5.29. The minimum Gasteiger partial charge on any atom is -0.383 e. The van der Waals surface area contributed by atoms with Crippen LogP contribution in [0.3, 0.4) is 0 Å². The molecule has 0 amide bonds. The van der Waals surface area contributed by atoms with Crippen LogP contribution < -0.4 is 5.32 Å². The summed E-state index contributed by atoms with van der Waals surface area (Å²) in [4.78, 5) is 0. The van der Waals surface area contributed by atoms with E-state index in [-0.39, 0.29) is 5.82 Å². The van der Waals surface area contributed by atoms with Gasteiger partial charge in [0.25, 0.3) is 0 Å². The van der Waals surface area contributed by atoms with Gasteiger partial charge < -0.3 is 10.1 Å². The lowest BCUT2D eigenvalue weighted by atomic mass is 10.1. The second-order valence-corrected chi connectivity index (χ2v) is 3.68. The number of ether oxygens (including phenoxy) is 1. The molecule has 0 aliphatic rings. The number of hydrogen-bond donors (Lipinski definition) is 1. The predicted octanol–water partition coefficient (Wildman–Crippen LogP) is 1.99. The summed E-state index contributed by atoms with van der Waals surface area (Å²) in [7, 11) is 1.69. The van der Waals surface area contributed by atoms with Crippen molar-refractivity contribution in [3.05, 3.63) is 35.6 Å². The van der Waals surface area contributed by atoms with Crippen LogP contribution in [0, 0.1) is 5.82 Å². The highest BCUT2D eigenvalue weighted by molar-refractivity contribution is 5.16. The Labute approximate surface area is 90.4 Å². The van der Waals surface area contributed by atoms with E-state index in [2.05, 4.69) is 12.2 Å². The number of benzene rings is 1. The first kappa shape index (κ1) is 12.1. The number of nitrogens with one attached hydrogen (secondary N) is 1. The molecular weight excluding hydrogens is 193 g/mol. The molecule has 0 radical (unpaired) electrons. The summed E-state index contributed by atoms with van der Waals surface area (Å²) in [5.41, 5.74) is 1.15. The zero-order chi connectivity index (χ0) is 11.1. The van der Waals surface area contributed by atoms with E-state index >= 15 is 0 Å². The Hall–Kier alpha value is -0.930. The Morgan fingerprint density at radius 3 is 2.60 bits per heavy atom. The molecule has 0 fully saturated rings. The van der Waals surface area contributed by atoms with Gasteiger partial charge in [-0.2, -0.15) is 0 Å². The fourth-order valence-electron chi connectivity index (χ4n) is 1.45. The molecule has 0 saturated heterocycles. The predicted molar refractivity (Wildman–Crippen MR) is 59.4 cm³/mol. The fourth-order valence-corrected chi connectivity index (χ4v) is 1.45. The van der Waals surface area contributed by atoms with Gasteiger partial charge in [0.1, 0.15) is 5.82 Å². The summed E-state index contributed by atoms with van der Waals surface area (Å²) in [6, 6.07) is 7.02. The highest BCUT2D eigenvalue weighted by atomic mass is 19.1. The van der Waals surface area contributed by atoms with Crippen LogP contribution in [-0.4, -0.2) is 26.3 Å². The van der Waals surface area contributed by atoms with Crippen molar-refractivity contribution in [2.75, 3.05) is 20.3 Å². The molecular formula is C12H18FNO. The number of halogens is 1. The minimum absolute atomic E-state index is 0.182. The first-order valence-corrected chi connectivity index (χ1v) is 5.19. The van der Waals surface area contributed by atoms with Crippen LogP contribution in [0.25, 0.3) is 0 Å². The molecule has 2 nitrogen and oxygen atoms in total. The first-order chi connectivity index (χ1) is 7.22. The van der Waals surface area contributed by atoms with E-state index in [9.17, 15) is 4.39 Å². The maximum atomic E-state index is 12.6. The van der Waals surface area contributed by atoms with Gasteiger partial charge in [0.15, 0.2) is 0 Å². The molecule has 1 aromatic rings. The van der Waals surface area contributed by atoms with E-state index in [1.165, 1.54) is 12.1 Å². The lowest BCUT2D eigenvalue weighted by Gasteiger charge is -2.13. The lowest BCUT2D eigenvalue weighted by molar-refractivity contribution is 0.196. The number of methoxy groups -OCH3 is 1. The third-order valence-electron chi connectivity index (χ3n) is 2.25. The highest BCUT2D eigenvalue weighted by Gasteiger charge is 2.02. The lowest BCUT2D eigenvalue weighted by Crippen LogP contribution is -2.30. The second kappa shape index (κ2) is 6.53. The van der Waals surface area contributed by atoms with Gasteiger partial charge in [-0.3, -0.25) is 0 Å². The molecule has 0 bridgehead atoms. The van der Waals surface area contributed by atoms with Gasteiger partial charge in [0.2, 0.25) is 0 Å². The van der Waals surface area contributed by atoms with Gasteiger partial charge in [0, 0.05) is 19.7 Å². The number of rotatable bonds is 6. The van der Waals surface area contributed by atoms with Crippen LogP contribution >= 0.6 is 0 Å². The van der Waals surface area contributed by atoms with E-state index in [0.717, 1.165) is 18.5 Å². The zero-order valence-corrected chi connectivity index (χ0v) is 9.29. The molecule has 0 aromatic heterocycles. The van der Waals surface area contributed by atoms with Crippen LogP contribution in [0.1, 0.15) is 12.5 Å². The number of hydrogen-bond acceptors (Lipinski definition) is 2. The van der Waals surface area contributed by atoms with Crippen molar-refractivity contribution >= 4 is 0 Å². The highest BCUT2D eigenvalue weighted by Crippen LogP contribution is 2.05. The maximum Gasteiger partial charge on any atom is 0.123 e. The summed E-state index contributed by atoms with van der Waals surface area (Å²) in [6.07, 6.45) is 0.907. The smallest absolute Gasteiger partial charge is 0.123 e. The second-order valence-electron chi connectivity index (χ2n) is 3.68. The molecule has 0 aliphatic carbocycles. The quantitative estimate of drug-likeness (QED) is 0.727. The van der Waals surface area contributed by atoms with Crippen LogP contribution in [0.4, 0.5) is 4.39 Å². The van der Waals surface area contributed by atoms with Gasteiger partial charge in [-0.25, -0.2) is 4.39 Å². The van der Waals surface area contributed by atoms with E-state index in [4.69, 9.17) is 4.74 Å². The third kappa shape index (κ3) is 4.91. The van der Waals surface area contributed by atoms with Crippen molar-refractivity contribution in [1.29, 1.82) is 0 Å². The average molecular weight is 211 g/mol. The van der Waals surface area contributed by atoms with Crippen molar-refractivity contribution in [3.8, 4) is 0 Å². The fraction of sp³-hybridized carbons (Fsp3) is 0.500. The van der Waals surface area contributed by atoms with Crippen LogP contribution in [-0.2, 0) is 11.2 Å². The molecule has 1 N–H and O–H groups in total. The van der Waals surface area contributed by atoms with E-state index in [1.807, 2.05) is 12.1 Å². The van der Waals surface area contributed by atoms with Gasteiger partial charge in [-0.1, -0.05) is 12.1 Å². The molecule has 1 atom stereocenters. The normalized spacial score (nSPS) is 12.7. The molecule has 0 heterocycles. The third-order valence-corrected chi connectivity index (χ3v) is 2.25. The molecule has 0 aliphatic heterocycles. The molecule has 0 spiro atoms. The van der Waals surface area contributed by atoms with Crippen LogP contribution in [0.2, 0.25) is 0 Å². The molecule has 0 unspecified atom stereocenters. The Balaban J connectivity index is 2.31. The van der Waals surface area contributed by atoms with E-state index in [1.54, 1.807) is 7.11 Å². The van der Waals surface area contributed by atoms with Crippen molar-refractivity contribution in [2.24, 2.45) is 0 Å². The standard InChI is InChI=1S/C12H18FNO/c1-10(14-7-8-15-2)9-11-3-5-12(13)6-4-11/h3-6,10,14H,7-9H2,1-2H3/t10-/m1/s1. The Morgan fingerprint density at radius 1 is 1.33 bits per heavy atom. The molecule has 0 saturated carbocycles. The summed E-state index contributed by atoms with van der Waals surface area (Å²) in [6.45, 7) is 3.67. The summed E-state index contributed by atoms with van der Waals surface area (Å²) >= 11 is 0. The molecule has 3 heteroatoms. The monoisotopic (exact) mass is 211 g/mol. The van der Waals surface area contributed by atoms with Crippen molar-refractivity contribution in [2.45, 2.75) is 19.4 Å². The SMILES string of the molecule is COCCN[C@H](C)Cc1ccc(F)cc1. The average Bonchev–Trinajstić information content (AvgIpc) is 2.22. The van der Waals surface area contributed by atoms with Gasteiger partial charge in [-0.05, 0) is 31.0 Å². The summed E-state index contributed by atoms with van der Waals surface area (Å²) in [5, 5.41) is 3.33. The van der Waals surface area contributed by atoms with Crippen molar-refractivity contribution in [1.82, 2.24) is 5.32 Å². The Bertz CT molecular complexity index is 273. The minimum atomic E-state index is -0.182. The molecule has 1 rings (SSSR count). The Morgan fingerprint density at radius 2 is 2.00 bits per heavy atom. The molecule has 84 valence electrons. The summed E-state index contributed by atoms with van der Waals surface area (Å²) < 4.78 is 17.6. The van der Waals surface area contributed by atoms with Crippen molar-refractivity contribution < 1.29 is 9.13 Å². The van der Waals surface area contributed by atoms with Crippen LogP contribution in [0.5, 0.6) is 0 Å². The molecule has 1 aromatic carbocycles. The van der Waals surface area contributed by atoms with Gasteiger partial charge in [0.05, 0.1) is 6.61 Å². The van der Waals surface area contributed by atoms with Gasteiger partial charge in [-0.15, -0.1) is 0 Å². The maximum absolute atomic E-state index is 12.6. The largest absolute Gasteiger partial charge is 0.383 e. The van der Waals surface area contributed by atoms with Gasteiger partial charge >= 0.3 is 0 Å². The van der Waals surface area contributed by atoms with E-state index < -0.39 is 0 Å². The first-order valence-electron chi connectivity index (χ1n) is 5.19. The summed E-state index contributed by atoms with van der Waals surface area (Å²) in [5.74, 6) is -0.182. The zero-order valence-electron chi connectivity index (χ0n) is 9.29.